The summed E-state index contributed by atoms with van der Waals surface area (Å²) in [5, 5.41) is 13.4. The summed E-state index contributed by atoms with van der Waals surface area (Å²) in [5.74, 6) is 1.45. The van der Waals surface area contributed by atoms with Crippen LogP contribution in [0.2, 0.25) is 0 Å². The van der Waals surface area contributed by atoms with Crippen LogP contribution in [0.25, 0.3) is 0 Å². The first kappa shape index (κ1) is 18.4. The highest BCUT2D eigenvalue weighted by Crippen LogP contribution is 2.18. The van der Waals surface area contributed by atoms with E-state index in [2.05, 4.69) is 5.32 Å². The highest BCUT2D eigenvalue weighted by atomic mass is 16.5. The molecule has 0 aliphatic heterocycles. The molecule has 0 saturated carbocycles. The number of methoxy groups -OCH3 is 2. The molecule has 0 amide bonds. The van der Waals surface area contributed by atoms with Crippen molar-refractivity contribution >= 4 is 5.69 Å². The van der Waals surface area contributed by atoms with E-state index in [1.807, 2.05) is 48.5 Å². The van der Waals surface area contributed by atoms with Crippen molar-refractivity contribution in [2.75, 3.05) is 19.5 Å². The third-order valence-corrected chi connectivity index (χ3v) is 4.26. The fourth-order valence-electron chi connectivity index (χ4n) is 2.70. The van der Waals surface area contributed by atoms with Gasteiger partial charge in [0.15, 0.2) is 5.88 Å². The van der Waals surface area contributed by atoms with Gasteiger partial charge in [-0.2, -0.15) is 0 Å². The molecule has 1 aromatic heterocycles. The Labute approximate surface area is 157 Å². The first-order chi connectivity index (χ1) is 13.1. The van der Waals surface area contributed by atoms with Gasteiger partial charge in [0.05, 0.1) is 20.8 Å². The molecule has 140 valence electrons. The summed E-state index contributed by atoms with van der Waals surface area (Å²) in [6, 6.07) is 18.0. The van der Waals surface area contributed by atoms with Crippen LogP contribution in [0.15, 0.2) is 65.5 Å². The minimum atomic E-state index is -0.275. The van der Waals surface area contributed by atoms with E-state index in [1.54, 1.807) is 20.3 Å². The zero-order valence-electron chi connectivity index (χ0n) is 15.3. The highest BCUT2D eigenvalue weighted by molar-refractivity contribution is 5.46. The van der Waals surface area contributed by atoms with Crippen LogP contribution in [0.3, 0.4) is 0 Å². The number of rotatable bonds is 7. The molecule has 1 heterocycles. The number of hydrogen-bond donors (Lipinski definition) is 2. The van der Waals surface area contributed by atoms with E-state index in [4.69, 9.17) is 9.47 Å². The van der Waals surface area contributed by atoms with Crippen LogP contribution in [-0.4, -0.2) is 23.9 Å². The lowest BCUT2D eigenvalue weighted by Crippen LogP contribution is -2.20. The average Bonchev–Trinajstić information content (AvgIpc) is 2.70. The normalized spacial score (nSPS) is 10.4. The van der Waals surface area contributed by atoms with Crippen molar-refractivity contribution in [1.82, 2.24) is 4.57 Å². The van der Waals surface area contributed by atoms with Crippen LogP contribution >= 0.6 is 0 Å². The number of hydrogen-bond acceptors (Lipinski definition) is 5. The van der Waals surface area contributed by atoms with Crippen molar-refractivity contribution in [2.45, 2.75) is 13.1 Å². The van der Waals surface area contributed by atoms with Crippen molar-refractivity contribution < 1.29 is 14.6 Å². The molecule has 3 rings (SSSR count). The quantitative estimate of drug-likeness (QED) is 0.672. The van der Waals surface area contributed by atoms with E-state index in [0.29, 0.717) is 12.2 Å². The third kappa shape index (κ3) is 4.61. The van der Waals surface area contributed by atoms with Gasteiger partial charge in [-0.1, -0.05) is 24.3 Å². The molecule has 27 heavy (non-hydrogen) atoms. The van der Waals surface area contributed by atoms with Crippen LogP contribution in [0, 0.1) is 0 Å². The molecule has 0 bridgehead atoms. The zero-order chi connectivity index (χ0) is 19.2. The first-order valence-electron chi connectivity index (χ1n) is 8.52. The third-order valence-electron chi connectivity index (χ3n) is 4.26. The Hall–Kier alpha value is -3.41. The minimum Gasteiger partial charge on any atom is -0.497 e. The molecule has 0 radical (unpaired) electrons. The number of anilines is 1. The monoisotopic (exact) mass is 366 g/mol. The van der Waals surface area contributed by atoms with Crippen molar-refractivity contribution in [3.8, 4) is 17.4 Å². The summed E-state index contributed by atoms with van der Waals surface area (Å²) in [5.41, 5.74) is 2.23. The van der Waals surface area contributed by atoms with Gasteiger partial charge in [0, 0.05) is 24.4 Å². The van der Waals surface area contributed by atoms with E-state index < -0.39 is 0 Å². The fourth-order valence-corrected chi connectivity index (χ4v) is 2.70. The summed E-state index contributed by atoms with van der Waals surface area (Å²) >= 11 is 0. The number of aromatic nitrogens is 1. The predicted octanol–water partition coefficient (Wildman–Crippen LogP) is 3.23. The zero-order valence-corrected chi connectivity index (χ0v) is 15.3. The van der Waals surface area contributed by atoms with Gasteiger partial charge in [0.2, 0.25) is 0 Å². The molecule has 0 unspecified atom stereocenters. The molecule has 2 N–H and O–H groups in total. The number of ether oxygens (including phenoxy) is 2. The van der Waals surface area contributed by atoms with Gasteiger partial charge in [-0.25, -0.2) is 0 Å². The van der Waals surface area contributed by atoms with E-state index in [0.717, 1.165) is 22.6 Å². The molecule has 0 aliphatic carbocycles. The standard InChI is InChI=1S/C21H22N2O4/c1-26-18-7-3-15(4-8-18)13-22-17-11-20(24)23(21(25)12-17)14-16-5-9-19(27-2)10-6-16/h3-12,22,24H,13-14H2,1-2H3. The number of aromatic hydroxyl groups is 1. The number of nitrogens with one attached hydrogen (secondary N) is 1. The lowest BCUT2D eigenvalue weighted by Gasteiger charge is -2.12. The second-order valence-corrected chi connectivity index (χ2v) is 6.08. The van der Waals surface area contributed by atoms with Crippen molar-refractivity contribution in [1.29, 1.82) is 0 Å². The Morgan fingerprint density at radius 3 is 1.96 bits per heavy atom. The van der Waals surface area contributed by atoms with E-state index in [1.165, 1.54) is 10.6 Å². The van der Waals surface area contributed by atoms with Crippen LogP contribution in [0.4, 0.5) is 5.69 Å². The van der Waals surface area contributed by atoms with Crippen LogP contribution < -0.4 is 20.3 Å². The molecule has 0 saturated heterocycles. The lowest BCUT2D eigenvalue weighted by molar-refractivity contribution is 0.412. The largest absolute Gasteiger partial charge is 0.497 e. The minimum absolute atomic E-state index is 0.0875. The summed E-state index contributed by atoms with van der Waals surface area (Å²) in [7, 11) is 3.22. The molecule has 3 aromatic rings. The maximum absolute atomic E-state index is 12.4. The number of benzene rings is 2. The Bertz CT molecular complexity index is 947. The Morgan fingerprint density at radius 1 is 0.889 bits per heavy atom. The van der Waals surface area contributed by atoms with Crippen molar-refractivity contribution in [3.63, 3.8) is 0 Å². The molecule has 0 atom stereocenters. The molecule has 2 aromatic carbocycles. The van der Waals surface area contributed by atoms with Gasteiger partial charge < -0.3 is 19.9 Å². The summed E-state index contributed by atoms with van der Waals surface area (Å²) in [6.07, 6.45) is 0. The maximum Gasteiger partial charge on any atom is 0.255 e. The number of pyridine rings is 1. The van der Waals surface area contributed by atoms with Crippen molar-refractivity contribution in [3.05, 3.63) is 82.1 Å². The van der Waals surface area contributed by atoms with Gasteiger partial charge in [-0.05, 0) is 35.4 Å². The Kier molecular flexibility index (Phi) is 5.66. The maximum atomic E-state index is 12.4. The van der Waals surface area contributed by atoms with E-state index in [-0.39, 0.29) is 18.0 Å². The Morgan fingerprint density at radius 2 is 1.44 bits per heavy atom. The van der Waals surface area contributed by atoms with Crippen LogP contribution in [0.5, 0.6) is 17.4 Å². The summed E-state index contributed by atoms with van der Waals surface area (Å²) in [6.45, 7) is 0.818. The number of nitrogens with zero attached hydrogens (tertiary/aromatic N) is 1. The highest BCUT2D eigenvalue weighted by Gasteiger charge is 2.07. The van der Waals surface area contributed by atoms with Gasteiger partial charge >= 0.3 is 0 Å². The van der Waals surface area contributed by atoms with Gasteiger partial charge in [-0.3, -0.25) is 9.36 Å². The molecule has 6 nitrogen and oxygen atoms in total. The molecular formula is C21H22N2O4. The topological polar surface area (TPSA) is 72.7 Å². The Balaban J connectivity index is 1.70. The summed E-state index contributed by atoms with van der Waals surface area (Å²) < 4.78 is 11.6. The fraction of sp³-hybridized carbons (Fsp3) is 0.190. The lowest BCUT2D eigenvalue weighted by atomic mass is 10.2. The predicted molar refractivity (Wildman–Crippen MR) is 105 cm³/mol. The SMILES string of the molecule is COc1ccc(CNc2cc(O)n(Cc3ccc(OC)cc3)c(=O)c2)cc1. The van der Waals surface area contributed by atoms with E-state index >= 15 is 0 Å². The van der Waals surface area contributed by atoms with Crippen LogP contribution in [0.1, 0.15) is 11.1 Å². The molecule has 0 aliphatic rings. The molecule has 6 heteroatoms. The van der Waals surface area contributed by atoms with E-state index in [9.17, 15) is 9.90 Å². The molecule has 0 spiro atoms. The smallest absolute Gasteiger partial charge is 0.255 e. The van der Waals surface area contributed by atoms with Gasteiger partial charge in [0.1, 0.15) is 11.5 Å². The second-order valence-electron chi connectivity index (χ2n) is 6.08. The van der Waals surface area contributed by atoms with Crippen LogP contribution in [-0.2, 0) is 13.1 Å². The van der Waals surface area contributed by atoms with Gasteiger partial charge in [-0.15, -0.1) is 0 Å². The average molecular weight is 366 g/mol. The molecular weight excluding hydrogens is 344 g/mol. The van der Waals surface area contributed by atoms with Crippen molar-refractivity contribution in [2.24, 2.45) is 0 Å². The van der Waals surface area contributed by atoms with Gasteiger partial charge in [0.25, 0.3) is 5.56 Å². The molecule has 0 fully saturated rings. The second kappa shape index (κ2) is 8.31. The summed E-state index contributed by atoms with van der Waals surface area (Å²) in [4.78, 5) is 12.4. The first-order valence-corrected chi connectivity index (χ1v) is 8.52.